The number of hydrogen-bond acceptors (Lipinski definition) is 9. The van der Waals surface area contributed by atoms with Crippen molar-refractivity contribution in [2.75, 3.05) is 67.7 Å². The number of nitrogens with zero attached hydrogens (tertiary/aromatic N) is 3. The number of ether oxygens (including phenoxy) is 5. The first kappa shape index (κ1) is 27.5. The molecule has 2 aliphatic rings. The minimum absolute atomic E-state index is 0.0304. The topological polar surface area (TPSA) is 102 Å². The lowest BCUT2D eigenvalue weighted by atomic mass is 10.1. The van der Waals surface area contributed by atoms with E-state index in [1.165, 1.54) is 0 Å². The zero-order valence-corrected chi connectivity index (χ0v) is 22.5. The lowest BCUT2D eigenvalue weighted by molar-refractivity contribution is -0.529. The van der Waals surface area contributed by atoms with Crippen LogP contribution in [0.1, 0.15) is 18.4 Å². The first-order valence-electron chi connectivity index (χ1n) is 12.8. The minimum atomic E-state index is -0.658. The van der Waals surface area contributed by atoms with Gasteiger partial charge in [0.2, 0.25) is 17.4 Å². The van der Waals surface area contributed by atoms with Crippen LogP contribution in [-0.2, 0) is 11.3 Å². The summed E-state index contributed by atoms with van der Waals surface area (Å²) in [7, 11) is 6.42. The normalized spacial score (nSPS) is 17.5. The highest BCUT2D eigenvalue weighted by molar-refractivity contribution is 5.76. The molecule has 1 saturated heterocycles. The molecule has 0 aliphatic carbocycles. The Morgan fingerprint density at radius 3 is 2.39 bits per heavy atom. The van der Waals surface area contributed by atoms with E-state index in [1.54, 1.807) is 46.6 Å². The van der Waals surface area contributed by atoms with Gasteiger partial charge in [0.05, 0.1) is 39.6 Å². The summed E-state index contributed by atoms with van der Waals surface area (Å²) in [4.78, 5) is 29.5. The number of benzene rings is 2. The van der Waals surface area contributed by atoms with Crippen LogP contribution < -0.4 is 29.0 Å². The molecule has 0 radical (unpaired) electrons. The van der Waals surface area contributed by atoms with E-state index < -0.39 is 6.23 Å². The van der Waals surface area contributed by atoms with Crippen LogP contribution in [-0.4, -0.2) is 94.4 Å². The molecule has 0 spiro atoms. The van der Waals surface area contributed by atoms with E-state index in [-0.39, 0.29) is 5.91 Å². The standard InChI is InChI=1S/C27H36N4O7/c1-34-20-6-7-21-23(17-20)38-25(31(21)33)9-11-28-24(32)10-12-29-13-15-30(16-14-29)18-19-5-8-22(35-2)27(37-4)26(19)36-3/h5-8,17,25H,9-16,18H2,1-4H3/p+1. The van der Waals surface area contributed by atoms with E-state index in [2.05, 4.69) is 15.1 Å². The van der Waals surface area contributed by atoms with Crippen molar-refractivity contribution < 1.29 is 33.2 Å². The van der Waals surface area contributed by atoms with Gasteiger partial charge in [0.15, 0.2) is 11.5 Å². The van der Waals surface area contributed by atoms with E-state index >= 15 is 0 Å². The van der Waals surface area contributed by atoms with Crippen molar-refractivity contribution in [1.82, 2.24) is 15.1 Å². The molecule has 206 valence electrons. The first-order chi connectivity index (χ1) is 18.5. The average molecular weight is 530 g/mol. The highest BCUT2D eigenvalue weighted by atomic mass is 16.5. The molecule has 2 aliphatic heterocycles. The summed E-state index contributed by atoms with van der Waals surface area (Å²) in [5.74, 6) is 3.04. The predicted molar refractivity (Wildman–Crippen MR) is 141 cm³/mol. The first-order valence-corrected chi connectivity index (χ1v) is 12.8. The summed E-state index contributed by atoms with van der Waals surface area (Å²) in [5, 5.41) is 2.91. The van der Waals surface area contributed by atoms with E-state index in [4.69, 9.17) is 23.7 Å². The largest absolute Gasteiger partial charge is 0.497 e. The number of methoxy groups -OCH3 is 4. The van der Waals surface area contributed by atoms with Crippen molar-refractivity contribution >= 4 is 11.6 Å². The highest BCUT2D eigenvalue weighted by Crippen LogP contribution is 2.40. The van der Waals surface area contributed by atoms with Gasteiger partial charge < -0.3 is 33.9 Å². The SMILES string of the molecule is COc1ccc2c(c1)OC(CCNC(=O)CCN1CCN(Cc3ccc(OC)c(OC)c3OC)CC1)[N+]2=O. The fourth-order valence-electron chi connectivity index (χ4n) is 4.81. The molecule has 1 fully saturated rings. The maximum atomic E-state index is 12.5. The summed E-state index contributed by atoms with van der Waals surface area (Å²) in [6.07, 6.45) is 0.146. The van der Waals surface area contributed by atoms with Crippen molar-refractivity contribution in [3.63, 3.8) is 0 Å². The van der Waals surface area contributed by atoms with Gasteiger partial charge >= 0.3 is 11.9 Å². The van der Waals surface area contributed by atoms with Gasteiger partial charge in [-0.2, -0.15) is 0 Å². The Labute approximate surface area is 223 Å². The van der Waals surface area contributed by atoms with Gasteiger partial charge in [0, 0.05) is 74.8 Å². The molecule has 0 saturated carbocycles. The summed E-state index contributed by atoms with van der Waals surface area (Å²) >= 11 is 0. The third-order valence-electron chi connectivity index (χ3n) is 6.94. The van der Waals surface area contributed by atoms with Crippen molar-refractivity contribution in [3.8, 4) is 28.7 Å². The number of carbonyl (C=O) groups excluding carboxylic acids is 1. The molecule has 1 amide bonds. The molecule has 0 aromatic heterocycles. The fraction of sp³-hybridized carbons (Fsp3) is 0.519. The Balaban J connectivity index is 1.16. The number of amides is 1. The van der Waals surface area contributed by atoms with Gasteiger partial charge in [0.1, 0.15) is 5.75 Å². The summed E-state index contributed by atoms with van der Waals surface area (Å²) < 4.78 is 28.3. The van der Waals surface area contributed by atoms with Crippen LogP contribution in [0.25, 0.3) is 0 Å². The van der Waals surface area contributed by atoms with E-state index in [1.807, 2.05) is 12.1 Å². The second kappa shape index (κ2) is 12.8. The van der Waals surface area contributed by atoms with Crippen molar-refractivity contribution in [2.24, 2.45) is 0 Å². The van der Waals surface area contributed by atoms with Crippen LogP contribution in [0.4, 0.5) is 5.69 Å². The van der Waals surface area contributed by atoms with Gasteiger partial charge in [-0.15, -0.1) is 0 Å². The van der Waals surface area contributed by atoms with Gasteiger partial charge in [0.25, 0.3) is 0 Å². The molecule has 2 heterocycles. The smallest absolute Gasteiger partial charge is 0.352 e. The zero-order valence-electron chi connectivity index (χ0n) is 22.5. The van der Waals surface area contributed by atoms with Gasteiger partial charge in [-0.1, -0.05) is 6.07 Å². The predicted octanol–water partition coefficient (Wildman–Crippen LogP) is 2.56. The Hall–Kier alpha value is -3.57. The number of carbonyl (C=O) groups is 1. The summed E-state index contributed by atoms with van der Waals surface area (Å²) in [6.45, 7) is 5.35. The second-order valence-corrected chi connectivity index (χ2v) is 9.23. The Morgan fingerprint density at radius 1 is 0.974 bits per heavy atom. The van der Waals surface area contributed by atoms with Crippen LogP contribution >= 0.6 is 0 Å². The third kappa shape index (κ3) is 6.28. The third-order valence-corrected chi connectivity index (χ3v) is 6.94. The molecule has 11 nitrogen and oxygen atoms in total. The van der Waals surface area contributed by atoms with Gasteiger partial charge in [-0.3, -0.25) is 9.69 Å². The molecule has 1 atom stereocenters. The molecule has 0 bridgehead atoms. The van der Waals surface area contributed by atoms with Crippen LogP contribution in [0.2, 0.25) is 0 Å². The van der Waals surface area contributed by atoms with Crippen molar-refractivity contribution in [3.05, 3.63) is 40.8 Å². The summed E-state index contributed by atoms with van der Waals surface area (Å²) in [6, 6.07) is 9.01. The van der Waals surface area contributed by atoms with Crippen molar-refractivity contribution in [2.45, 2.75) is 25.6 Å². The zero-order chi connectivity index (χ0) is 27.1. The molecular weight excluding hydrogens is 492 g/mol. The maximum absolute atomic E-state index is 12.5. The minimum Gasteiger partial charge on any atom is -0.497 e. The molecule has 1 N–H and O–H groups in total. The van der Waals surface area contributed by atoms with Crippen LogP contribution in [0, 0.1) is 4.91 Å². The molecule has 2 aromatic rings. The summed E-state index contributed by atoms with van der Waals surface area (Å²) in [5.41, 5.74) is 1.52. The monoisotopic (exact) mass is 529 g/mol. The van der Waals surface area contributed by atoms with Crippen LogP contribution in [0.5, 0.6) is 28.7 Å². The van der Waals surface area contributed by atoms with Gasteiger partial charge in [-0.25, -0.2) is 0 Å². The van der Waals surface area contributed by atoms with Crippen LogP contribution in [0.3, 0.4) is 0 Å². The van der Waals surface area contributed by atoms with Crippen LogP contribution in [0.15, 0.2) is 30.3 Å². The van der Waals surface area contributed by atoms with Gasteiger partial charge in [-0.05, 0) is 12.1 Å². The lowest BCUT2D eigenvalue weighted by Gasteiger charge is -2.35. The molecule has 1 unspecified atom stereocenters. The van der Waals surface area contributed by atoms with E-state index in [9.17, 15) is 9.70 Å². The lowest BCUT2D eigenvalue weighted by Crippen LogP contribution is -2.46. The van der Waals surface area contributed by atoms with E-state index in [0.29, 0.717) is 60.4 Å². The molecule has 2 aromatic carbocycles. The number of piperazine rings is 1. The Bertz CT molecular complexity index is 1130. The fourth-order valence-corrected chi connectivity index (χ4v) is 4.81. The number of nitroso groups, excluding NO2 is 1. The number of fused-ring (bicyclic) bond motifs is 1. The maximum Gasteiger partial charge on any atom is 0.352 e. The second-order valence-electron chi connectivity index (χ2n) is 9.23. The van der Waals surface area contributed by atoms with Crippen molar-refractivity contribution in [1.29, 1.82) is 0 Å². The Kier molecular flexibility index (Phi) is 9.24. The quantitative estimate of drug-likeness (QED) is 0.416. The van der Waals surface area contributed by atoms with E-state index in [0.717, 1.165) is 43.0 Å². The number of rotatable bonds is 12. The molecular formula is C27H37N4O7+. The average Bonchev–Trinajstić information content (AvgIpc) is 3.26. The molecule has 4 rings (SSSR count). The highest BCUT2D eigenvalue weighted by Gasteiger charge is 2.40. The molecule has 38 heavy (non-hydrogen) atoms. The number of hydrogen-bond donors (Lipinski definition) is 1. The number of nitrogens with one attached hydrogen (secondary N) is 1. The molecule has 11 heteroatoms. The Morgan fingerprint density at radius 2 is 1.71 bits per heavy atom.